The summed E-state index contributed by atoms with van der Waals surface area (Å²) in [6.45, 7) is 11.8. The van der Waals surface area contributed by atoms with Crippen molar-refractivity contribution in [1.82, 2.24) is 35.6 Å². The van der Waals surface area contributed by atoms with Crippen LogP contribution in [-0.4, -0.2) is 124 Å². The number of aldehydes is 1. The van der Waals surface area contributed by atoms with Crippen LogP contribution in [0.5, 0.6) is 5.75 Å². The molecule has 2 saturated heterocycles. The maximum absolute atomic E-state index is 14.2. The number of piperazine rings is 1. The van der Waals surface area contributed by atoms with Crippen LogP contribution in [0.4, 0.5) is 0 Å². The van der Waals surface area contributed by atoms with E-state index in [1.54, 1.807) is 49.0 Å². The van der Waals surface area contributed by atoms with Crippen LogP contribution in [0, 0.1) is 16.7 Å². The molecule has 1 aromatic heterocycles. The number of nitrogens with one attached hydrogen (secondary N) is 2. The summed E-state index contributed by atoms with van der Waals surface area (Å²) >= 11 is 6.43. The Morgan fingerprint density at radius 3 is 2.47 bits per heavy atom. The molecular formula is C50H64ClN7O12. The van der Waals surface area contributed by atoms with Gasteiger partial charge in [-0.15, -0.1) is 5.10 Å². The molecule has 2 bridgehead atoms. The van der Waals surface area contributed by atoms with Crippen LogP contribution in [0.15, 0.2) is 60.8 Å². The first-order valence-electron chi connectivity index (χ1n) is 23.4. The van der Waals surface area contributed by atoms with E-state index in [9.17, 15) is 33.6 Å². The van der Waals surface area contributed by atoms with E-state index in [0.29, 0.717) is 29.3 Å². The second kappa shape index (κ2) is 23.2. The SMILES string of the molecule is COc1ccc(C[C@@H]2C(=O)N[C@H]3CN2C(=O)/C=C/C[C@@H](C(C)C2OC2c2ccc(Cn4cc(COCCC(=O)ON(C)C(=O)CCC=O)nn4)cc2)OC(=O)C(CC(C)(C)C)NC(=O)C3(C)C)cc1Cl. The van der Waals surface area contributed by atoms with Gasteiger partial charge in [0, 0.05) is 45.2 Å². The number of nitrogens with zero attached hydrogens (tertiary/aromatic N) is 5. The van der Waals surface area contributed by atoms with Crippen molar-refractivity contribution < 1.29 is 57.3 Å². The number of epoxide rings is 1. The van der Waals surface area contributed by atoms with E-state index in [0.717, 1.165) is 21.8 Å². The molecular weight excluding hydrogens is 926 g/mol. The number of carbonyl (C=O) groups is 7. The topological polar surface area (TPSA) is 230 Å². The minimum Gasteiger partial charge on any atom is -0.495 e. The number of fused-ring (bicyclic) bond motifs is 2. The highest BCUT2D eigenvalue weighted by Crippen LogP contribution is 2.45. The van der Waals surface area contributed by atoms with E-state index in [4.69, 9.17) is 35.4 Å². The van der Waals surface area contributed by atoms with Crippen LogP contribution in [0.1, 0.15) is 102 Å². The molecule has 3 aromatic rings. The molecule has 4 amide bonds. The van der Waals surface area contributed by atoms with Gasteiger partial charge in [0.15, 0.2) is 0 Å². The fourth-order valence-electron chi connectivity index (χ4n) is 8.41. The van der Waals surface area contributed by atoms with Crippen molar-refractivity contribution in [1.29, 1.82) is 0 Å². The molecule has 6 rings (SSSR count). The Balaban J connectivity index is 1.11. The van der Waals surface area contributed by atoms with Gasteiger partial charge in [-0.1, -0.05) is 80.9 Å². The predicted octanol–water partition coefficient (Wildman–Crippen LogP) is 4.62. The van der Waals surface area contributed by atoms with Gasteiger partial charge in [0.25, 0.3) is 5.91 Å². The van der Waals surface area contributed by atoms with E-state index < -0.39 is 65.2 Å². The molecule has 7 atom stereocenters. The Kier molecular flexibility index (Phi) is 17.6. The molecule has 2 fully saturated rings. The Morgan fingerprint density at radius 1 is 1.06 bits per heavy atom. The first-order chi connectivity index (χ1) is 33.2. The molecule has 19 nitrogen and oxygen atoms in total. The summed E-state index contributed by atoms with van der Waals surface area (Å²) in [7, 11) is 2.82. The second-order valence-corrected chi connectivity index (χ2v) is 20.2. The maximum Gasteiger partial charge on any atom is 0.334 e. The zero-order valence-electron chi connectivity index (χ0n) is 41.0. The number of benzene rings is 2. The number of cyclic esters (lactones) is 1. The van der Waals surface area contributed by atoms with Crippen molar-refractivity contribution in [2.75, 3.05) is 27.3 Å². The van der Waals surface area contributed by atoms with Crippen molar-refractivity contribution in [2.24, 2.45) is 16.7 Å². The van der Waals surface area contributed by atoms with E-state index in [1.165, 1.54) is 25.1 Å². The second-order valence-electron chi connectivity index (χ2n) is 19.8. The lowest BCUT2D eigenvalue weighted by molar-refractivity contribution is -0.193. The van der Waals surface area contributed by atoms with Crippen molar-refractivity contribution in [3.63, 3.8) is 0 Å². The van der Waals surface area contributed by atoms with Crippen molar-refractivity contribution in [3.8, 4) is 5.75 Å². The number of rotatable bonds is 17. The van der Waals surface area contributed by atoms with E-state index >= 15 is 0 Å². The number of aromatic nitrogens is 3. The zero-order chi connectivity index (χ0) is 50.9. The minimum absolute atomic E-state index is 0.0321. The third-order valence-corrected chi connectivity index (χ3v) is 13.0. The highest BCUT2D eigenvalue weighted by atomic mass is 35.5. The molecule has 2 aromatic carbocycles. The van der Waals surface area contributed by atoms with Gasteiger partial charge in [-0.05, 0) is 60.6 Å². The summed E-state index contributed by atoms with van der Waals surface area (Å²) in [6.07, 6.45) is 4.57. The average Bonchev–Trinajstić information content (AvgIpc) is 3.99. The molecule has 3 aliphatic rings. The number of halogens is 1. The van der Waals surface area contributed by atoms with Crippen LogP contribution in [0.25, 0.3) is 0 Å². The van der Waals surface area contributed by atoms with Crippen LogP contribution >= 0.6 is 11.6 Å². The van der Waals surface area contributed by atoms with Gasteiger partial charge in [-0.2, -0.15) is 5.06 Å². The summed E-state index contributed by atoms with van der Waals surface area (Å²) in [6, 6.07) is 10.4. The molecule has 20 heteroatoms. The summed E-state index contributed by atoms with van der Waals surface area (Å²) in [4.78, 5) is 97.3. The van der Waals surface area contributed by atoms with Crippen molar-refractivity contribution in [3.05, 3.63) is 88.2 Å². The van der Waals surface area contributed by atoms with Crippen molar-refractivity contribution >= 4 is 53.5 Å². The molecule has 2 N–H and O–H groups in total. The van der Waals surface area contributed by atoms with Crippen LogP contribution in [0.3, 0.4) is 0 Å². The molecule has 0 spiro atoms. The Hall–Kier alpha value is -6.18. The Labute approximate surface area is 412 Å². The number of amides is 4. The molecule has 3 aliphatic heterocycles. The number of hydrogen-bond donors (Lipinski definition) is 2. The van der Waals surface area contributed by atoms with Crippen LogP contribution < -0.4 is 15.4 Å². The number of methoxy groups -OCH3 is 1. The number of esters is 1. The normalized spacial score (nSPS) is 23.5. The molecule has 4 heterocycles. The lowest BCUT2D eigenvalue weighted by atomic mass is 9.80. The first kappa shape index (κ1) is 53.2. The first-order valence-corrected chi connectivity index (χ1v) is 23.8. The largest absolute Gasteiger partial charge is 0.495 e. The fraction of sp³-hybridized carbons (Fsp3) is 0.540. The number of hydroxylamine groups is 2. The third-order valence-electron chi connectivity index (χ3n) is 12.7. The molecule has 378 valence electrons. The maximum atomic E-state index is 14.2. The summed E-state index contributed by atoms with van der Waals surface area (Å²) in [5.74, 6) is -2.92. The lowest BCUT2D eigenvalue weighted by Crippen LogP contribution is -2.67. The summed E-state index contributed by atoms with van der Waals surface area (Å²) < 4.78 is 25.0. The smallest absolute Gasteiger partial charge is 0.334 e. The van der Waals surface area contributed by atoms with E-state index in [1.807, 2.05) is 52.0 Å². The predicted molar refractivity (Wildman–Crippen MR) is 253 cm³/mol. The average molecular weight is 991 g/mol. The van der Waals surface area contributed by atoms with Gasteiger partial charge >= 0.3 is 11.9 Å². The summed E-state index contributed by atoms with van der Waals surface area (Å²) in [5.41, 5.74) is 1.50. The van der Waals surface area contributed by atoms with Gasteiger partial charge < -0.3 is 44.1 Å². The third kappa shape index (κ3) is 14.0. The van der Waals surface area contributed by atoms with E-state index in [-0.39, 0.29) is 81.8 Å². The van der Waals surface area contributed by atoms with Gasteiger partial charge in [0.1, 0.15) is 42.0 Å². The number of hydrogen-bond acceptors (Lipinski definition) is 14. The summed E-state index contributed by atoms with van der Waals surface area (Å²) in [5, 5.41) is 15.5. The van der Waals surface area contributed by atoms with Gasteiger partial charge in [0.05, 0.1) is 62.1 Å². The quantitative estimate of drug-likeness (QED) is 0.0618. The van der Waals surface area contributed by atoms with Gasteiger partial charge in [-0.25, -0.2) is 14.3 Å². The molecule has 70 heavy (non-hydrogen) atoms. The van der Waals surface area contributed by atoms with Crippen LogP contribution in [0.2, 0.25) is 5.02 Å². The monoisotopic (exact) mass is 989 g/mol. The number of ether oxygens (including phenoxy) is 4. The Bertz CT molecular complexity index is 2420. The van der Waals surface area contributed by atoms with Gasteiger partial charge in [-0.3, -0.25) is 19.2 Å². The molecule has 0 saturated carbocycles. The standard InChI is InChI=1S/C50H64ClN7O12/c1-30(44-45(69-44)33-17-14-31(15-18-33)26-57-27-34(54-55-57)29-67-22-20-43(62)70-56(7)41(60)13-10-21-59)38-11-9-12-42(61)58-28-40(50(5,6)48(65)52-36(47(64)68-38)25-49(2,3)4)53-46(63)37(58)24-32-16-19-39(66-8)35(51)23-32/h9,12,14-19,21,23,27,30,36-38,40,44-45H,10-11,13,20,22,24-26,28-29H2,1-8H3,(H,52,65)(H,53,63)/b12-9+/t30?,36?,37-,38+,40+,44?,45?/m1/s1. The highest BCUT2D eigenvalue weighted by Gasteiger charge is 2.49. The van der Waals surface area contributed by atoms with Crippen molar-refractivity contribution in [2.45, 2.75) is 130 Å². The van der Waals surface area contributed by atoms with Crippen LogP contribution in [-0.2, 0) is 72.2 Å². The minimum atomic E-state index is -1.25. The zero-order valence-corrected chi connectivity index (χ0v) is 41.7. The molecule has 0 aliphatic carbocycles. The number of carbonyl (C=O) groups excluding carboxylic acids is 7. The van der Waals surface area contributed by atoms with E-state index in [2.05, 4.69) is 20.9 Å². The highest BCUT2D eigenvalue weighted by molar-refractivity contribution is 6.32. The molecule has 0 radical (unpaired) electrons. The molecule has 4 unspecified atom stereocenters. The lowest BCUT2D eigenvalue weighted by Gasteiger charge is -2.44. The fourth-order valence-corrected chi connectivity index (χ4v) is 8.69. The Morgan fingerprint density at radius 2 is 1.79 bits per heavy atom. The van der Waals surface area contributed by atoms with Gasteiger partial charge in [0.2, 0.25) is 17.7 Å².